The SMILES string of the molecule is CCCCN(CC(=O)Nc1ccc(C(=O)OC)cc1)S(C)(=O)=O. The molecule has 0 aliphatic carbocycles. The van der Waals surface area contributed by atoms with Crippen LogP contribution in [0.2, 0.25) is 0 Å². The lowest BCUT2D eigenvalue weighted by Crippen LogP contribution is -2.38. The van der Waals surface area contributed by atoms with Crippen molar-refractivity contribution in [2.75, 3.05) is 31.8 Å². The zero-order valence-corrected chi connectivity index (χ0v) is 14.4. The number of esters is 1. The van der Waals surface area contributed by atoms with Crippen molar-refractivity contribution in [1.29, 1.82) is 0 Å². The van der Waals surface area contributed by atoms with E-state index in [1.807, 2.05) is 6.92 Å². The molecule has 1 rings (SSSR count). The lowest BCUT2D eigenvalue weighted by Gasteiger charge is -2.19. The second-order valence-electron chi connectivity index (χ2n) is 5.07. The molecule has 0 atom stereocenters. The Morgan fingerprint density at radius 3 is 2.30 bits per heavy atom. The highest BCUT2D eigenvalue weighted by Gasteiger charge is 2.19. The Balaban J connectivity index is 2.69. The smallest absolute Gasteiger partial charge is 0.337 e. The Morgan fingerprint density at radius 1 is 1.22 bits per heavy atom. The van der Waals surface area contributed by atoms with Crippen molar-refractivity contribution in [1.82, 2.24) is 4.31 Å². The van der Waals surface area contributed by atoms with Gasteiger partial charge >= 0.3 is 5.97 Å². The summed E-state index contributed by atoms with van der Waals surface area (Å²) in [5.41, 5.74) is 0.845. The average Bonchev–Trinajstić information content (AvgIpc) is 2.50. The summed E-state index contributed by atoms with van der Waals surface area (Å²) in [4.78, 5) is 23.3. The summed E-state index contributed by atoms with van der Waals surface area (Å²) < 4.78 is 29.1. The Bertz CT molecular complexity index is 640. The number of ether oxygens (including phenoxy) is 1. The van der Waals surface area contributed by atoms with Gasteiger partial charge in [-0.1, -0.05) is 13.3 Å². The van der Waals surface area contributed by atoms with Crippen molar-refractivity contribution in [2.24, 2.45) is 0 Å². The van der Waals surface area contributed by atoms with Crippen molar-refractivity contribution < 1.29 is 22.7 Å². The Hall–Kier alpha value is -1.93. The predicted octanol–water partition coefficient (Wildman–Crippen LogP) is 1.47. The van der Waals surface area contributed by atoms with E-state index in [4.69, 9.17) is 0 Å². The lowest BCUT2D eigenvalue weighted by atomic mass is 10.2. The van der Waals surface area contributed by atoms with Gasteiger partial charge in [-0.2, -0.15) is 4.31 Å². The van der Waals surface area contributed by atoms with Gasteiger partial charge in [0.15, 0.2) is 0 Å². The largest absolute Gasteiger partial charge is 0.465 e. The molecule has 0 aromatic heterocycles. The van der Waals surface area contributed by atoms with Crippen molar-refractivity contribution in [3.63, 3.8) is 0 Å². The van der Waals surface area contributed by atoms with Crippen LogP contribution in [-0.2, 0) is 19.6 Å². The number of carbonyl (C=O) groups excluding carboxylic acids is 2. The summed E-state index contributed by atoms with van der Waals surface area (Å²) in [6.07, 6.45) is 2.61. The summed E-state index contributed by atoms with van der Waals surface area (Å²) in [6, 6.07) is 6.15. The van der Waals surface area contributed by atoms with Gasteiger partial charge < -0.3 is 10.1 Å². The fourth-order valence-electron chi connectivity index (χ4n) is 1.86. The van der Waals surface area contributed by atoms with E-state index >= 15 is 0 Å². The van der Waals surface area contributed by atoms with Crippen LogP contribution in [0.3, 0.4) is 0 Å². The van der Waals surface area contributed by atoms with E-state index in [0.717, 1.165) is 17.0 Å². The summed E-state index contributed by atoms with van der Waals surface area (Å²) in [5, 5.41) is 2.61. The van der Waals surface area contributed by atoms with Crippen LogP contribution in [0, 0.1) is 0 Å². The summed E-state index contributed by atoms with van der Waals surface area (Å²) >= 11 is 0. The number of hydrogen-bond donors (Lipinski definition) is 1. The van der Waals surface area contributed by atoms with Crippen molar-refractivity contribution in [2.45, 2.75) is 19.8 Å². The molecule has 1 amide bonds. The van der Waals surface area contributed by atoms with Crippen LogP contribution in [0.15, 0.2) is 24.3 Å². The number of methoxy groups -OCH3 is 1. The molecular weight excluding hydrogens is 320 g/mol. The van der Waals surface area contributed by atoms with Crippen LogP contribution in [0.1, 0.15) is 30.1 Å². The summed E-state index contributed by atoms with van der Waals surface area (Å²) in [7, 11) is -2.15. The van der Waals surface area contributed by atoms with Gasteiger partial charge in [-0.15, -0.1) is 0 Å². The number of rotatable bonds is 8. The number of anilines is 1. The maximum absolute atomic E-state index is 12.0. The highest BCUT2D eigenvalue weighted by Crippen LogP contribution is 2.11. The zero-order chi connectivity index (χ0) is 17.5. The zero-order valence-electron chi connectivity index (χ0n) is 13.5. The van der Waals surface area contributed by atoms with Gasteiger partial charge in [0.2, 0.25) is 15.9 Å². The first kappa shape index (κ1) is 19.1. The molecule has 8 heteroatoms. The number of nitrogens with one attached hydrogen (secondary N) is 1. The Kier molecular flexibility index (Phi) is 7.18. The molecule has 7 nitrogen and oxygen atoms in total. The van der Waals surface area contributed by atoms with Crippen molar-refractivity contribution in [3.8, 4) is 0 Å². The molecule has 1 aromatic rings. The van der Waals surface area contributed by atoms with Crippen LogP contribution in [0.5, 0.6) is 0 Å². The van der Waals surface area contributed by atoms with Gasteiger partial charge in [0, 0.05) is 12.2 Å². The minimum atomic E-state index is -3.43. The highest BCUT2D eigenvalue weighted by atomic mass is 32.2. The third kappa shape index (κ3) is 6.37. The minimum absolute atomic E-state index is 0.239. The van der Waals surface area contributed by atoms with Gasteiger partial charge in [0.05, 0.1) is 25.5 Å². The van der Waals surface area contributed by atoms with Crippen LogP contribution >= 0.6 is 0 Å². The third-order valence-electron chi connectivity index (χ3n) is 3.14. The first-order chi connectivity index (χ1) is 10.8. The van der Waals surface area contributed by atoms with Crippen LogP contribution in [-0.4, -0.2) is 51.1 Å². The molecule has 0 saturated carbocycles. The first-order valence-electron chi connectivity index (χ1n) is 7.21. The molecule has 0 bridgehead atoms. The number of sulfonamides is 1. The molecule has 0 spiro atoms. The minimum Gasteiger partial charge on any atom is -0.465 e. The fourth-order valence-corrected chi connectivity index (χ4v) is 2.68. The van der Waals surface area contributed by atoms with E-state index in [-0.39, 0.29) is 6.54 Å². The van der Waals surface area contributed by atoms with Crippen LogP contribution in [0.25, 0.3) is 0 Å². The quantitative estimate of drug-likeness (QED) is 0.722. The topological polar surface area (TPSA) is 92.8 Å². The number of hydrogen-bond acceptors (Lipinski definition) is 5. The third-order valence-corrected chi connectivity index (χ3v) is 4.39. The standard InChI is InChI=1S/C15H22N2O5S/c1-4-5-10-17(23(3,20)21)11-14(18)16-13-8-6-12(7-9-13)15(19)22-2/h6-9H,4-5,10-11H2,1-3H3,(H,16,18). The Morgan fingerprint density at radius 2 is 1.83 bits per heavy atom. The van der Waals surface area contributed by atoms with Crippen LogP contribution < -0.4 is 5.32 Å². The van der Waals surface area contributed by atoms with E-state index in [1.54, 1.807) is 12.1 Å². The van der Waals surface area contributed by atoms with Gasteiger partial charge in [0.1, 0.15) is 0 Å². The van der Waals surface area contributed by atoms with Crippen molar-refractivity contribution >= 4 is 27.6 Å². The summed E-state index contributed by atoms with van der Waals surface area (Å²) in [5.74, 6) is -0.900. The van der Waals surface area contributed by atoms with Gasteiger partial charge in [-0.3, -0.25) is 4.79 Å². The summed E-state index contributed by atoms with van der Waals surface area (Å²) in [6.45, 7) is 2.02. The molecule has 0 aliphatic heterocycles. The molecule has 128 valence electrons. The first-order valence-corrected chi connectivity index (χ1v) is 9.06. The maximum atomic E-state index is 12.0. The van der Waals surface area contributed by atoms with Crippen LogP contribution in [0.4, 0.5) is 5.69 Å². The number of benzene rings is 1. The molecule has 0 heterocycles. The van der Waals surface area contributed by atoms with E-state index in [0.29, 0.717) is 24.2 Å². The fraction of sp³-hybridized carbons (Fsp3) is 0.467. The lowest BCUT2D eigenvalue weighted by molar-refractivity contribution is -0.116. The normalized spacial score (nSPS) is 11.3. The monoisotopic (exact) mass is 342 g/mol. The molecule has 23 heavy (non-hydrogen) atoms. The maximum Gasteiger partial charge on any atom is 0.337 e. The second kappa shape index (κ2) is 8.64. The average molecular weight is 342 g/mol. The second-order valence-corrected chi connectivity index (χ2v) is 7.05. The highest BCUT2D eigenvalue weighted by molar-refractivity contribution is 7.88. The molecule has 0 aliphatic rings. The van der Waals surface area contributed by atoms with Crippen molar-refractivity contribution in [3.05, 3.63) is 29.8 Å². The molecule has 0 unspecified atom stereocenters. The number of unbranched alkanes of at least 4 members (excludes halogenated alkanes) is 1. The van der Waals surface area contributed by atoms with Gasteiger partial charge in [-0.05, 0) is 30.7 Å². The van der Waals surface area contributed by atoms with Gasteiger partial charge in [0.25, 0.3) is 0 Å². The predicted molar refractivity (Wildman–Crippen MR) is 87.7 cm³/mol. The van der Waals surface area contributed by atoms with E-state index < -0.39 is 21.9 Å². The molecule has 1 aromatic carbocycles. The molecule has 0 saturated heterocycles. The number of nitrogens with zero attached hydrogens (tertiary/aromatic N) is 1. The van der Waals surface area contributed by atoms with E-state index in [1.165, 1.54) is 19.2 Å². The van der Waals surface area contributed by atoms with Gasteiger partial charge in [-0.25, -0.2) is 13.2 Å². The molecule has 0 radical (unpaired) electrons. The molecular formula is C15H22N2O5S. The molecule has 1 N–H and O–H groups in total. The van der Waals surface area contributed by atoms with E-state index in [9.17, 15) is 18.0 Å². The molecule has 0 fully saturated rings. The Labute approximate surface area is 136 Å². The number of amides is 1. The van der Waals surface area contributed by atoms with E-state index in [2.05, 4.69) is 10.1 Å². The number of carbonyl (C=O) groups is 2.